The minimum atomic E-state index is -0.583. The lowest BCUT2D eigenvalue weighted by atomic mass is 9.92. The van der Waals surface area contributed by atoms with Crippen LogP contribution in [0.5, 0.6) is 0 Å². The molecule has 0 fully saturated rings. The second-order valence-electron chi connectivity index (χ2n) is 6.57. The molecule has 0 saturated carbocycles. The Morgan fingerprint density at radius 3 is 2.73 bits per heavy atom. The molecule has 0 aliphatic carbocycles. The Balaban J connectivity index is 2.43. The van der Waals surface area contributed by atoms with E-state index in [9.17, 15) is 14.9 Å². The summed E-state index contributed by atoms with van der Waals surface area (Å²) in [6, 6.07) is 8.30. The van der Waals surface area contributed by atoms with E-state index in [0.29, 0.717) is 35.2 Å². The molecule has 2 aromatic rings. The monoisotopic (exact) mass is 355 g/mol. The number of esters is 1. The number of hydrogen-bond donors (Lipinski definition) is 0. The van der Waals surface area contributed by atoms with Crippen molar-refractivity contribution in [1.82, 2.24) is 4.98 Å². The van der Waals surface area contributed by atoms with Crippen molar-refractivity contribution in [1.29, 1.82) is 5.26 Å². The first-order chi connectivity index (χ1) is 12.3. The molecular formula is C19H21N3O4. The molecule has 1 unspecified atom stereocenters. The Morgan fingerprint density at radius 1 is 1.38 bits per heavy atom. The third-order valence-corrected chi connectivity index (χ3v) is 4.01. The van der Waals surface area contributed by atoms with Crippen molar-refractivity contribution < 1.29 is 14.5 Å². The van der Waals surface area contributed by atoms with Crippen LogP contribution in [0, 0.1) is 34.3 Å². The third kappa shape index (κ3) is 4.54. The van der Waals surface area contributed by atoms with E-state index < -0.39 is 10.8 Å². The van der Waals surface area contributed by atoms with Crippen molar-refractivity contribution in [2.75, 3.05) is 6.61 Å². The number of nitro benzene ring substituents is 1. The minimum Gasteiger partial charge on any atom is -0.465 e. The first kappa shape index (κ1) is 19.3. The quantitative estimate of drug-likeness (QED) is 0.421. The number of nitriles is 1. The van der Waals surface area contributed by atoms with E-state index in [1.54, 1.807) is 19.1 Å². The summed E-state index contributed by atoms with van der Waals surface area (Å²) >= 11 is 0. The lowest BCUT2D eigenvalue weighted by molar-refractivity contribution is -0.384. The zero-order valence-corrected chi connectivity index (χ0v) is 15.1. The van der Waals surface area contributed by atoms with Crippen LogP contribution in [0.4, 0.5) is 5.69 Å². The van der Waals surface area contributed by atoms with Gasteiger partial charge in [-0.25, -0.2) is 0 Å². The summed E-state index contributed by atoms with van der Waals surface area (Å²) in [5, 5.41) is 20.5. The fraction of sp³-hybridized carbons (Fsp3) is 0.421. The number of carbonyl (C=O) groups is 1. The van der Waals surface area contributed by atoms with E-state index >= 15 is 0 Å². The molecule has 1 atom stereocenters. The van der Waals surface area contributed by atoms with E-state index in [4.69, 9.17) is 10.00 Å². The number of nitro groups is 1. The smallest absolute Gasteiger partial charge is 0.313 e. The number of rotatable bonds is 7. The van der Waals surface area contributed by atoms with Gasteiger partial charge in [0.05, 0.1) is 29.0 Å². The Kier molecular flexibility index (Phi) is 6.23. The Morgan fingerprint density at radius 2 is 2.12 bits per heavy atom. The van der Waals surface area contributed by atoms with Crippen LogP contribution in [0.3, 0.4) is 0 Å². The van der Waals surface area contributed by atoms with Crippen LogP contribution in [0.2, 0.25) is 0 Å². The van der Waals surface area contributed by atoms with Crippen LogP contribution in [0.1, 0.15) is 43.9 Å². The van der Waals surface area contributed by atoms with E-state index in [-0.39, 0.29) is 24.0 Å². The number of benzene rings is 1. The van der Waals surface area contributed by atoms with Gasteiger partial charge in [-0.05, 0) is 37.0 Å². The predicted octanol–water partition coefficient (Wildman–Crippen LogP) is 4.04. The Hall–Kier alpha value is -3.01. The highest BCUT2D eigenvalue weighted by Crippen LogP contribution is 2.29. The van der Waals surface area contributed by atoms with Gasteiger partial charge >= 0.3 is 5.97 Å². The number of fused-ring (bicyclic) bond motifs is 1. The molecule has 0 N–H and O–H groups in total. The summed E-state index contributed by atoms with van der Waals surface area (Å²) in [5.74, 6) is -0.743. The number of carbonyl (C=O) groups excluding carboxylic acids is 1. The molecule has 0 saturated heterocycles. The maximum Gasteiger partial charge on any atom is 0.313 e. The topological polar surface area (TPSA) is 106 Å². The molecule has 1 aromatic carbocycles. The van der Waals surface area contributed by atoms with Gasteiger partial charge in [-0.2, -0.15) is 5.26 Å². The largest absolute Gasteiger partial charge is 0.465 e. The maximum atomic E-state index is 12.5. The molecule has 0 spiro atoms. The molecule has 0 bridgehead atoms. The molecule has 26 heavy (non-hydrogen) atoms. The molecule has 1 aromatic heterocycles. The van der Waals surface area contributed by atoms with Crippen LogP contribution < -0.4 is 0 Å². The Bertz CT molecular complexity index is 871. The van der Waals surface area contributed by atoms with Crippen molar-refractivity contribution in [3.63, 3.8) is 0 Å². The SMILES string of the molecule is Cc1nc2cc([N+](=O)[O-])ccc2cc1C(CCC#N)C(=O)OCC(C)C. The number of non-ortho nitro benzene ring substituents is 1. The molecule has 0 amide bonds. The van der Waals surface area contributed by atoms with Gasteiger partial charge in [0.25, 0.3) is 5.69 Å². The molecule has 0 aliphatic rings. The molecule has 0 radical (unpaired) electrons. The molecule has 136 valence electrons. The summed E-state index contributed by atoms with van der Waals surface area (Å²) in [6.45, 7) is 5.97. The van der Waals surface area contributed by atoms with Gasteiger partial charge in [-0.3, -0.25) is 19.9 Å². The van der Waals surface area contributed by atoms with Gasteiger partial charge in [0.1, 0.15) is 0 Å². The molecule has 2 rings (SSSR count). The standard InChI is InChI=1S/C19H21N3O4/c1-12(2)11-26-19(23)16(5-4-8-20)17-9-14-6-7-15(22(24)25)10-18(14)21-13(17)3/h6-7,9-10,12,16H,4-5,11H2,1-3H3. The number of aromatic nitrogens is 1. The van der Waals surface area contributed by atoms with Crippen LogP contribution in [-0.4, -0.2) is 22.5 Å². The number of nitrogens with zero attached hydrogens (tertiary/aromatic N) is 3. The van der Waals surface area contributed by atoms with Crippen LogP contribution in [-0.2, 0) is 9.53 Å². The second-order valence-corrected chi connectivity index (χ2v) is 6.57. The fourth-order valence-corrected chi connectivity index (χ4v) is 2.69. The highest BCUT2D eigenvalue weighted by atomic mass is 16.6. The number of pyridine rings is 1. The van der Waals surface area contributed by atoms with E-state index in [2.05, 4.69) is 11.1 Å². The van der Waals surface area contributed by atoms with Gasteiger partial charge in [0.2, 0.25) is 0 Å². The molecule has 7 nitrogen and oxygen atoms in total. The molecule has 7 heteroatoms. The summed E-state index contributed by atoms with van der Waals surface area (Å²) in [7, 11) is 0. The van der Waals surface area contributed by atoms with Gasteiger partial charge in [0.15, 0.2) is 0 Å². The zero-order chi connectivity index (χ0) is 19.3. The molecule has 1 heterocycles. The highest BCUT2D eigenvalue weighted by Gasteiger charge is 2.25. The fourth-order valence-electron chi connectivity index (χ4n) is 2.69. The average molecular weight is 355 g/mol. The van der Waals surface area contributed by atoms with Crippen LogP contribution in [0.15, 0.2) is 24.3 Å². The van der Waals surface area contributed by atoms with Gasteiger partial charge in [-0.1, -0.05) is 13.8 Å². The minimum absolute atomic E-state index is 0.0328. The number of hydrogen-bond acceptors (Lipinski definition) is 6. The highest BCUT2D eigenvalue weighted by molar-refractivity contribution is 5.85. The van der Waals surface area contributed by atoms with E-state index in [1.165, 1.54) is 12.1 Å². The Labute approximate surface area is 151 Å². The maximum absolute atomic E-state index is 12.5. The van der Waals surface area contributed by atoms with Crippen molar-refractivity contribution in [3.8, 4) is 6.07 Å². The molecular weight excluding hydrogens is 334 g/mol. The van der Waals surface area contributed by atoms with E-state index in [0.717, 1.165) is 0 Å². The number of aryl methyl sites for hydroxylation is 1. The van der Waals surface area contributed by atoms with Gasteiger partial charge in [0, 0.05) is 29.6 Å². The lowest BCUT2D eigenvalue weighted by Gasteiger charge is -2.18. The zero-order valence-electron chi connectivity index (χ0n) is 15.1. The third-order valence-electron chi connectivity index (χ3n) is 4.01. The normalized spacial score (nSPS) is 12.0. The van der Waals surface area contributed by atoms with E-state index in [1.807, 2.05) is 13.8 Å². The van der Waals surface area contributed by atoms with Gasteiger partial charge in [-0.15, -0.1) is 0 Å². The first-order valence-electron chi connectivity index (χ1n) is 8.42. The van der Waals surface area contributed by atoms with Gasteiger partial charge < -0.3 is 4.74 Å². The van der Waals surface area contributed by atoms with Crippen molar-refractivity contribution in [3.05, 3.63) is 45.6 Å². The average Bonchev–Trinajstić information content (AvgIpc) is 2.59. The van der Waals surface area contributed by atoms with Crippen LogP contribution >= 0.6 is 0 Å². The predicted molar refractivity (Wildman–Crippen MR) is 96.5 cm³/mol. The summed E-state index contributed by atoms with van der Waals surface area (Å²) < 4.78 is 5.37. The lowest BCUT2D eigenvalue weighted by Crippen LogP contribution is -2.19. The first-order valence-corrected chi connectivity index (χ1v) is 8.42. The number of ether oxygens (including phenoxy) is 1. The second kappa shape index (κ2) is 8.39. The van der Waals surface area contributed by atoms with Crippen molar-refractivity contribution in [2.24, 2.45) is 5.92 Å². The van der Waals surface area contributed by atoms with Crippen LogP contribution in [0.25, 0.3) is 10.9 Å². The van der Waals surface area contributed by atoms with Crippen molar-refractivity contribution in [2.45, 2.75) is 39.5 Å². The summed E-state index contributed by atoms with van der Waals surface area (Å²) in [6.07, 6.45) is 0.563. The molecule has 0 aliphatic heterocycles. The summed E-state index contributed by atoms with van der Waals surface area (Å²) in [4.78, 5) is 27.4. The van der Waals surface area contributed by atoms with Crippen molar-refractivity contribution >= 4 is 22.6 Å². The summed E-state index contributed by atoms with van der Waals surface area (Å²) in [5.41, 5.74) is 1.75.